The van der Waals surface area contributed by atoms with Gasteiger partial charge in [-0.1, -0.05) is 12.2 Å². The number of likely N-dealkylation sites (tertiary alicyclic amines) is 1. The minimum absolute atomic E-state index is 0.0259. The van der Waals surface area contributed by atoms with Crippen molar-refractivity contribution in [3.8, 4) is 0 Å². The molecule has 136 valence electrons. The molecule has 1 aliphatic rings. The fourth-order valence-electron chi connectivity index (χ4n) is 2.59. The first-order chi connectivity index (χ1) is 11.0. The summed E-state index contributed by atoms with van der Waals surface area (Å²) in [4.78, 5) is 25.9. The van der Waals surface area contributed by atoms with Crippen molar-refractivity contribution >= 4 is 23.7 Å². The molecule has 0 aromatic carbocycles. The zero-order valence-electron chi connectivity index (χ0n) is 14.2. The molecule has 0 aliphatic carbocycles. The Kier molecular flexibility index (Phi) is 6.38. The lowest BCUT2D eigenvalue weighted by atomic mass is 9.88. The van der Waals surface area contributed by atoms with Gasteiger partial charge in [-0.25, -0.2) is 9.59 Å². The average molecular weight is 366 g/mol. The Hall–Kier alpha value is -1.63. The Bertz CT molecular complexity index is 567. The number of methoxy groups -OCH3 is 1. The van der Waals surface area contributed by atoms with Crippen LogP contribution in [0.25, 0.3) is 0 Å². The predicted octanol–water partition coefficient (Wildman–Crippen LogP) is 3.87. The molecule has 8 heteroatoms. The third kappa shape index (κ3) is 4.47. The highest BCUT2D eigenvalue weighted by Crippen LogP contribution is 2.41. The van der Waals surface area contributed by atoms with Crippen LogP contribution in [0.1, 0.15) is 33.6 Å². The molecule has 24 heavy (non-hydrogen) atoms. The van der Waals surface area contributed by atoms with E-state index in [0.717, 1.165) is 12.0 Å². The fraction of sp³-hybridized carbons (Fsp3) is 0.625. The van der Waals surface area contributed by atoms with Crippen LogP contribution in [-0.2, 0) is 14.3 Å². The molecular weight excluding hydrogens is 344 g/mol. The Morgan fingerprint density at radius 2 is 1.96 bits per heavy atom. The van der Waals surface area contributed by atoms with E-state index in [9.17, 15) is 18.4 Å². The molecule has 1 amide bonds. The largest absolute Gasteiger partial charge is 0.467 e. The van der Waals surface area contributed by atoms with Crippen molar-refractivity contribution in [1.29, 1.82) is 0 Å². The number of hydrogen-bond donors (Lipinski definition) is 0. The number of ether oxygens (including phenoxy) is 2. The van der Waals surface area contributed by atoms with E-state index in [1.54, 1.807) is 20.8 Å². The molecule has 1 unspecified atom stereocenters. The first kappa shape index (κ1) is 20.4. The summed E-state index contributed by atoms with van der Waals surface area (Å²) in [5.41, 5.74) is -2.37. The second kappa shape index (κ2) is 7.51. The van der Waals surface area contributed by atoms with Gasteiger partial charge >= 0.3 is 12.1 Å². The second-order valence-corrected chi connectivity index (χ2v) is 6.96. The molecule has 0 aromatic heterocycles. The summed E-state index contributed by atoms with van der Waals surface area (Å²) >= 11 is 5.73. The molecule has 1 atom stereocenters. The van der Waals surface area contributed by atoms with Crippen molar-refractivity contribution < 1.29 is 27.8 Å². The Balaban J connectivity index is 3.36. The summed E-state index contributed by atoms with van der Waals surface area (Å²) in [5, 5.41) is 0. The molecule has 1 fully saturated rings. The molecule has 0 N–H and O–H groups in total. The van der Waals surface area contributed by atoms with Crippen molar-refractivity contribution in [2.24, 2.45) is 0 Å². The van der Waals surface area contributed by atoms with E-state index in [2.05, 4.69) is 6.58 Å². The van der Waals surface area contributed by atoms with Gasteiger partial charge in [0.15, 0.2) is 5.54 Å². The quantitative estimate of drug-likeness (QED) is 0.431. The summed E-state index contributed by atoms with van der Waals surface area (Å²) in [6.07, 6.45) is -3.23. The average Bonchev–Trinajstić information content (AvgIpc) is 2.85. The molecular formula is C16H22ClF2NO4. The van der Waals surface area contributed by atoms with Crippen molar-refractivity contribution in [2.75, 3.05) is 19.5 Å². The maximum absolute atomic E-state index is 13.1. The third-order valence-corrected chi connectivity index (χ3v) is 3.93. The SMILES string of the molecule is C=C(CCl)CC1(C(=O)OC)CC(=C(F)F)CN1C(=O)OC(C)(C)C. The number of carbonyl (C=O) groups is 2. The van der Waals surface area contributed by atoms with Crippen LogP contribution in [0.3, 0.4) is 0 Å². The third-order valence-electron chi connectivity index (χ3n) is 3.55. The van der Waals surface area contributed by atoms with Gasteiger partial charge in [-0.05, 0) is 20.8 Å². The van der Waals surface area contributed by atoms with Gasteiger partial charge in [-0.15, -0.1) is 11.6 Å². The summed E-state index contributed by atoms with van der Waals surface area (Å²) in [6, 6.07) is 0. The fourth-order valence-corrected chi connectivity index (χ4v) is 2.69. The molecule has 1 saturated heterocycles. The minimum Gasteiger partial charge on any atom is -0.467 e. The number of rotatable bonds is 4. The van der Waals surface area contributed by atoms with Gasteiger partial charge in [0.05, 0.1) is 13.7 Å². The lowest BCUT2D eigenvalue weighted by Gasteiger charge is -2.36. The number of esters is 1. The van der Waals surface area contributed by atoms with Crippen LogP contribution in [-0.4, -0.2) is 47.6 Å². The zero-order valence-corrected chi connectivity index (χ0v) is 15.0. The first-order valence-corrected chi connectivity index (χ1v) is 7.85. The summed E-state index contributed by atoms with van der Waals surface area (Å²) in [6.45, 7) is 8.23. The maximum Gasteiger partial charge on any atom is 0.411 e. The van der Waals surface area contributed by atoms with E-state index in [1.807, 2.05) is 0 Å². The number of nitrogens with zero attached hydrogens (tertiary/aromatic N) is 1. The van der Waals surface area contributed by atoms with Gasteiger partial charge in [-0.2, -0.15) is 8.78 Å². The number of carbonyl (C=O) groups excluding carboxylic acids is 2. The van der Waals surface area contributed by atoms with Crippen LogP contribution >= 0.6 is 11.6 Å². The van der Waals surface area contributed by atoms with Gasteiger partial charge in [0.1, 0.15) is 5.60 Å². The van der Waals surface area contributed by atoms with E-state index >= 15 is 0 Å². The van der Waals surface area contributed by atoms with Crippen LogP contribution in [0.5, 0.6) is 0 Å². The second-order valence-electron chi connectivity index (χ2n) is 6.69. The number of halogens is 3. The number of amides is 1. The smallest absolute Gasteiger partial charge is 0.411 e. The van der Waals surface area contributed by atoms with E-state index in [0.29, 0.717) is 5.57 Å². The molecule has 0 spiro atoms. The molecule has 1 rings (SSSR count). The van der Waals surface area contributed by atoms with Crippen LogP contribution < -0.4 is 0 Å². The molecule has 0 saturated carbocycles. The Morgan fingerprint density at radius 3 is 2.38 bits per heavy atom. The monoisotopic (exact) mass is 365 g/mol. The molecule has 0 bridgehead atoms. The van der Waals surface area contributed by atoms with Gasteiger partial charge in [-0.3, -0.25) is 4.90 Å². The van der Waals surface area contributed by atoms with Crippen LogP contribution in [0, 0.1) is 0 Å². The topological polar surface area (TPSA) is 55.8 Å². The highest BCUT2D eigenvalue weighted by Gasteiger charge is 2.54. The lowest BCUT2D eigenvalue weighted by molar-refractivity contribution is -0.153. The summed E-state index contributed by atoms with van der Waals surface area (Å²) < 4.78 is 36.3. The van der Waals surface area contributed by atoms with Crippen LogP contribution in [0.2, 0.25) is 0 Å². The van der Waals surface area contributed by atoms with E-state index in [-0.39, 0.29) is 24.3 Å². The number of alkyl halides is 1. The van der Waals surface area contributed by atoms with Gasteiger partial charge in [0, 0.05) is 24.3 Å². The van der Waals surface area contributed by atoms with Crippen molar-refractivity contribution in [2.45, 2.75) is 44.8 Å². The normalized spacial score (nSPS) is 20.8. The molecule has 0 aromatic rings. The predicted molar refractivity (Wildman–Crippen MR) is 86.0 cm³/mol. The van der Waals surface area contributed by atoms with Gasteiger partial charge < -0.3 is 9.47 Å². The van der Waals surface area contributed by atoms with Crippen molar-refractivity contribution in [1.82, 2.24) is 4.90 Å². The molecule has 1 heterocycles. The van der Waals surface area contributed by atoms with E-state index in [1.165, 1.54) is 0 Å². The number of hydrogen-bond acceptors (Lipinski definition) is 4. The highest BCUT2D eigenvalue weighted by atomic mass is 35.5. The standard InChI is InChI=1S/C16H22ClF2NO4/c1-10(8-17)6-16(13(21)23-5)7-11(12(18)19)9-20(16)14(22)24-15(2,3)4/h1,6-9H2,2-5H3. The lowest BCUT2D eigenvalue weighted by Crippen LogP contribution is -2.55. The van der Waals surface area contributed by atoms with Crippen LogP contribution in [0.4, 0.5) is 13.6 Å². The zero-order chi connectivity index (χ0) is 18.7. The van der Waals surface area contributed by atoms with Gasteiger partial charge in [0.2, 0.25) is 0 Å². The van der Waals surface area contributed by atoms with E-state index < -0.39 is 35.8 Å². The molecule has 5 nitrogen and oxygen atoms in total. The van der Waals surface area contributed by atoms with Crippen molar-refractivity contribution in [3.05, 3.63) is 23.8 Å². The van der Waals surface area contributed by atoms with Crippen LogP contribution in [0.15, 0.2) is 23.8 Å². The van der Waals surface area contributed by atoms with Crippen molar-refractivity contribution in [3.63, 3.8) is 0 Å². The molecule has 1 aliphatic heterocycles. The summed E-state index contributed by atoms with van der Waals surface area (Å²) in [7, 11) is 1.13. The van der Waals surface area contributed by atoms with E-state index in [4.69, 9.17) is 21.1 Å². The minimum atomic E-state index is -1.93. The summed E-state index contributed by atoms with van der Waals surface area (Å²) in [5.74, 6) is -0.784. The van der Waals surface area contributed by atoms with Gasteiger partial charge in [0.25, 0.3) is 6.08 Å². The first-order valence-electron chi connectivity index (χ1n) is 7.31. The Morgan fingerprint density at radius 1 is 1.38 bits per heavy atom. The highest BCUT2D eigenvalue weighted by molar-refractivity contribution is 6.19. The maximum atomic E-state index is 13.1. The molecule has 0 radical (unpaired) electrons. The Labute approximate surface area is 145 Å².